The molecule has 288 valence electrons. The first-order chi connectivity index (χ1) is 23.1. The van der Waals surface area contributed by atoms with Gasteiger partial charge < -0.3 is 30.5 Å². The molecule has 3 aliphatic carbocycles. The van der Waals surface area contributed by atoms with Gasteiger partial charge in [-0.2, -0.15) is 0 Å². The number of ether oxygens (including phenoxy) is 1. The number of carboxylic acid groups (broad SMARTS) is 1. The maximum absolute atomic E-state index is 13.5. The minimum atomic E-state index is -1.43. The molecule has 1 saturated heterocycles. The van der Waals surface area contributed by atoms with Gasteiger partial charge in [-0.1, -0.05) is 74.0 Å². The molecule has 0 radical (unpaired) electrons. The second-order valence-electron chi connectivity index (χ2n) is 18.5. The van der Waals surface area contributed by atoms with Crippen LogP contribution in [-0.4, -0.2) is 88.2 Å². The number of carbonyl (C=O) groups is 2. The third kappa shape index (κ3) is 7.07. The Morgan fingerprint density at radius 2 is 1.70 bits per heavy atom. The minimum absolute atomic E-state index is 0.0215. The van der Waals surface area contributed by atoms with Gasteiger partial charge in [0.1, 0.15) is 24.9 Å². The zero-order valence-corrected chi connectivity index (χ0v) is 32.8. The number of carboxylic acids is 1. The summed E-state index contributed by atoms with van der Waals surface area (Å²) in [5.74, 6) is 0.263. The van der Waals surface area contributed by atoms with E-state index in [0.29, 0.717) is 18.3 Å². The third-order valence-electron chi connectivity index (χ3n) is 15.5. The molecule has 1 aliphatic heterocycles. The number of nitrogens with zero attached hydrogens (tertiary/aromatic N) is 1. The van der Waals surface area contributed by atoms with E-state index in [9.17, 15) is 30.0 Å². The molecule has 4 unspecified atom stereocenters. The first-order valence-electron chi connectivity index (χ1n) is 19.3. The van der Waals surface area contributed by atoms with Crippen LogP contribution in [0.3, 0.4) is 0 Å². The Labute approximate surface area is 301 Å². The third-order valence-corrected chi connectivity index (χ3v) is 15.5. The number of hydrogen-bond donors (Lipinski definition) is 5. The van der Waals surface area contributed by atoms with Crippen LogP contribution in [0, 0.1) is 50.7 Å². The summed E-state index contributed by atoms with van der Waals surface area (Å²) in [5.41, 5.74) is 0.202. The molecule has 0 spiro atoms. The number of amides is 1. The fourth-order valence-corrected chi connectivity index (χ4v) is 11.8. The molecule has 5 N–H and O–H groups in total. The Kier molecular flexibility index (Phi) is 12.4. The fraction of sp³-hybridized carbons (Fsp3) is 0.900. The fourth-order valence-electron chi connectivity index (χ4n) is 11.8. The molecule has 0 aromatic heterocycles. The standard InChI is InChI=1S/C40H70N2O8/c1-12-13-29-38(9)17-16-30(41-31(44)22-42(49-11)34-33(46)32(45)27(43)23-50-34)37(7,8)28(38)15-18-39(29,10)36(5,6)20-21-40(35(47)48)19-14-26(24(2)3)25(40)4/h25-30,32-34,43,45-46H,2,12-23H2,1,3-11H3,(H,41,44)(H,47,48)/t25?,26-,27+,28?,29?,30-,32?,33-,34+,38-,39+,40-/m0/s1. The van der Waals surface area contributed by atoms with Crippen molar-refractivity contribution < 1.29 is 39.6 Å². The van der Waals surface area contributed by atoms with E-state index in [1.807, 2.05) is 6.92 Å². The van der Waals surface area contributed by atoms with Gasteiger partial charge in [-0.15, -0.1) is 5.06 Å². The Balaban J connectivity index is 1.51. The Morgan fingerprint density at radius 3 is 2.26 bits per heavy atom. The number of rotatable bonds is 13. The molecule has 0 aromatic carbocycles. The lowest BCUT2D eigenvalue weighted by molar-refractivity contribution is -0.303. The number of allylic oxidation sites excluding steroid dienone is 1. The summed E-state index contributed by atoms with van der Waals surface area (Å²) < 4.78 is 5.53. The maximum atomic E-state index is 13.5. The molecule has 4 aliphatic rings. The zero-order chi connectivity index (χ0) is 37.6. The summed E-state index contributed by atoms with van der Waals surface area (Å²) in [5, 5.41) is 45.7. The number of aliphatic hydroxyl groups is 3. The van der Waals surface area contributed by atoms with E-state index in [1.54, 1.807) is 0 Å². The number of carbonyl (C=O) groups excluding carboxylic acids is 1. The van der Waals surface area contributed by atoms with Crippen molar-refractivity contribution >= 4 is 11.9 Å². The smallest absolute Gasteiger partial charge is 0.309 e. The van der Waals surface area contributed by atoms with Crippen molar-refractivity contribution in [2.75, 3.05) is 20.3 Å². The highest BCUT2D eigenvalue weighted by molar-refractivity contribution is 5.78. The van der Waals surface area contributed by atoms with E-state index in [1.165, 1.54) is 12.2 Å². The summed E-state index contributed by atoms with van der Waals surface area (Å²) in [6, 6.07) is -0.0587. The summed E-state index contributed by atoms with van der Waals surface area (Å²) >= 11 is 0. The number of fused-ring (bicyclic) bond motifs is 1. The first-order valence-corrected chi connectivity index (χ1v) is 19.3. The molecule has 0 aromatic rings. The molecule has 4 fully saturated rings. The van der Waals surface area contributed by atoms with Crippen molar-refractivity contribution in [1.82, 2.24) is 10.4 Å². The molecule has 3 saturated carbocycles. The van der Waals surface area contributed by atoms with E-state index in [-0.39, 0.29) is 58.6 Å². The molecule has 12 atom stereocenters. The summed E-state index contributed by atoms with van der Waals surface area (Å²) in [7, 11) is 1.39. The second kappa shape index (κ2) is 15.1. The predicted octanol–water partition coefficient (Wildman–Crippen LogP) is 5.93. The van der Waals surface area contributed by atoms with Crippen LogP contribution in [-0.2, 0) is 19.2 Å². The van der Waals surface area contributed by atoms with Gasteiger partial charge in [0.25, 0.3) is 0 Å². The van der Waals surface area contributed by atoms with Crippen LogP contribution in [0.5, 0.6) is 0 Å². The SMILES string of the molecule is C=C(C)[C@@H]1CC[C@@](CCC(C)(C)[C@]2(C)CCC3C(C)(C)[C@@H](NC(=O)CN(OC)[C@@H]4OC[C@@H](O)C(O)[C@@H]4O)CC[C@]3(C)C2CCC)(C(=O)O)C1C. The summed E-state index contributed by atoms with van der Waals surface area (Å²) in [4.78, 5) is 31.9. The van der Waals surface area contributed by atoms with Gasteiger partial charge in [-0.25, -0.2) is 0 Å². The number of aliphatic carboxylic acids is 1. The van der Waals surface area contributed by atoms with Crippen LogP contribution in [0.1, 0.15) is 127 Å². The van der Waals surface area contributed by atoms with Crippen molar-refractivity contribution in [3.05, 3.63) is 12.2 Å². The average molecular weight is 707 g/mol. The number of hydroxylamine groups is 2. The van der Waals surface area contributed by atoms with Crippen LogP contribution in [0.4, 0.5) is 0 Å². The lowest BCUT2D eigenvalue weighted by atomic mass is 9.38. The van der Waals surface area contributed by atoms with Crippen molar-refractivity contribution in [2.24, 2.45) is 50.7 Å². The lowest BCUT2D eigenvalue weighted by Gasteiger charge is -2.67. The van der Waals surface area contributed by atoms with E-state index < -0.39 is 35.9 Å². The maximum Gasteiger partial charge on any atom is 0.309 e. The molecule has 4 rings (SSSR count). The average Bonchev–Trinajstić information content (AvgIpc) is 3.38. The molecule has 1 heterocycles. The molecular weight excluding hydrogens is 636 g/mol. The molecule has 1 amide bonds. The van der Waals surface area contributed by atoms with E-state index in [2.05, 4.69) is 67.3 Å². The van der Waals surface area contributed by atoms with Gasteiger partial charge in [-0.05, 0) is 110 Å². The van der Waals surface area contributed by atoms with Crippen molar-refractivity contribution in [3.63, 3.8) is 0 Å². The van der Waals surface area contributed by atoms with Crippen molar-refractivity contribution in [3.8, 4) is 0 Å². The molecule has 10 nitrogen and oxygen atoms in total. The number of hydrogen-bond acceptors (Lipinski definition) is 8. The first kappa shape index (κ1) is 41.2. The Bertz CT molecular complexity index is 1240. The highest BCUT2D eigenvalue weighted by Gasteiger charge is 2.63. The van der Waals surface area contributed by atoms with E-state index in [0.717, 1.165) is 63.4 Å². The predicted molar refractivity (Wildman–Crippen MR) is 194 cm³/mol. The number of aliphatic hydroxyl groups excluding tert-OH is 3. The van der Waals surface area contributed by atoms with Crippen LogP contribution >= 0.6 is 0 Å². The van der Waals surface area contributed by atoms with Gasteiger partial charge in [0.05, 0.1) is 19.1 Å². The lowest BCUT2D eigenvalue weighted by Crippen LogP contribution is -2.64. The molecule has 0 bridgehead atoms. The van der Waals surface area contributed by atoms with Crippen molar-refractivity contribution in [2.45, 2.75) is 157 Å². The van der Waals surface area contributed by atoms with Gasteiger partial charge in [-0.3, -0.25) is 14.4 Å². The van der Waals surface area contributed by atoms with E-state index in [4.69, 9.17) is 9.57 Å². The Morgan fingerprint density at radius 1 is 1.04 bits per heavy atom. The highest BCUT2D eigenvalue weighted by Crippen LogP contribution is 2.69. The Hall–Kier alpha value is -1.56. The summed E-state index contributed by atoms with van der Waals surface area (Å²) in [6.45, 7) is 24.7. The molecule has 10 heteroatoms. The van der Waals surface area contributed by atoms with Gasteiger partial charge >= 0.3 is 5.97 Å². The summed E-state index contributed by atoms with van der Waals surface area (Å²) in [6.07, 6.45) is 4.18. The van der Waals surface area contributed by atoms with Crippen LogP contribution in [0.2, 0.25) is 0 Å². The van der Waals surface area contributed by atoms with Crippen LogP contribution in [0.15, 0.2) is 12.2 Å². The van der Waals surface area contributed by atoms with E-state index >= 15 is 0 Å². The van der Waals surface area contributed by atoms with Crippen LogP contribution < -0.4 is 5.32 Å². The second-order valence-corrected chi connectivity index (χ2v) is 18.5. The van der Waals surface area contributed by atoms with Crippen LogP contribution in [0.25, 0.3) is 0 Å². The topological polar surface area (TPSA) is 149 Å². The normalized spacial score (nSPS) is 41.8. The number of nitrogens with one attached hydrogen (secondary N) is 1. The highest BCUT2D eigenvalue weighted by atomic mass is 16.7. The van der Waals surface area contributed by atoms with Gasteiger partial charge in [0, 0.05) is 6.04 Å². The molecule has 50 heavy (non-hydrogen) atoms. The minimum Gasteiger partial charge on any atom is -0.481 e. The van der Waals surface area contributed by atoms with Crippen molar-refractivity contribution in [1.29, 1.82) is 0 Å². The largest absolute Gasteiger partial charge is 0.481 e. The van der Waals surface area contributed by atoms with Gasteiger partial charge in [0.2, 0.25) is 5.91 Å². The zero-order valence-electron chi connectivity index (χ0n) is 32.8. The quantitative estimate of drug-likeness (QED) is 0.116. The molecular formula is C40H70N2O8. The monoisotopic (exact) mass is 707 g/mol. The van der Waals surface area contributed by atoms with Gasteiger partial charge in [0.15, 0.2) is 6.23 Å².